The first-order valence-corrected chi connectivity index (χ1v) is 9.06. The van der Waals surface area contributed by atoms with Crippen LogP contribution in [0.2, 0.25) is 0 Å². The standard InChI is InChI=1S/C21H23N3O5/c1-3-14(2)23-19(25)20(26)24-22-12-16-5-4-6-18(11-16)29-13-15-7-9-17(10-8-15)21(27)28/h4-12,14H,3,13H2,1-2H3,(H,23,25)(H,24,26)(H,27,28)/p-1/b22-12-/t14-/m0/s1. The van der Waals surface area contributed by atoms with E-state index in [9.17, 15) is 19.5 Å². The number of ether oxygens (including phenoxy) is 1. The van der Waals surface area contributed by atoms with E-state index in [-0.39, 0.29) is 18.2 Å². The van der Waals surface area contributed by atoms with E-state index in [4.69, 9.17) is 4.74 Å². The van der Waals surface area contributed by atoms with E-state index in [1.165, 1.54) is 18.3 Å². The van der Waals surface area contributed by atoms with Crippen molar-refractivity contribution in [2.24, 2.45) is 5.10 Å². The second kappa shape index (κ2) is 10.6. The van der Waals surface area contributed by atoms with Gasteiger partial charge >= 0.3 is 11.8 Å². The fourth-order valence-corrected chi connectivity index (χ4v) is 2.20. The highest BCUT2D eigenvalue weighted by Crippen LogP contribution is 2.14. The van der Waals surface area contributed by atoms with Crippen molar-refractivity contribution in [3.63, 3.8) is 0 Å². The van der Waals surface area contributed by atoms with Crippen LogP contribution in [0.3, 0.4) is 0 Å². The number of carbonyl (C=O) groups is 3. The van der Waals surface area contributed by atoms with Gasteiger partial charge in [-0.1, -0.05) is 43.3 Å². The smallest absolute Gasteiger partial charge is 0.329 e. The normalized spacial score (nSPS) is 11.7. The first-order valence-electron chi connectivity index (χ1n) is 9.06. The topological polar surface area (TPSA) is 120 Å². The number of hydrazone groups is 1. The Bertz CT molecular complexity index is 893. The van der Waals surface area contributed by atoms with E-state index in [0.717, 1.165) is 12.0 Å². The second-order valence-electron chi connectivity index (χ2n) is 6.33. The third-order valence-electron chi connectivity index (χ3n) is 4.03. The number of carboxylic acid groups (broad SMARTS) is 1. The monoisotopic (exact) mass is 396 g/mol. The minimum Gasteiger partial charge on any atom is -0.545 e. The number of hydrogen-bond acceptors (Lipinski definition) is 6. The maximum absolute atomic E-state index is 11.7. The first kappa shape index (κ1) is 21.6. The van der Waals surface area contributed by atoms with Gasteiger partial charge in [-0.15, -0.1) is 0 Å². The van der Waals surface area contributed by atoms with E-state index >= 15 is 0 Å². The molecule has 0 fully saturated rings. The molecule has 29 heavy (non-hydrogen) atoms. The molecule has 0 saturated heterocycles. The van der Waals surface area contributed by atoms with Crippen molar-refractivity contribution in [2.75, 3.05) is 0 Å². The summed E-state index contributed by atoms with van der Waals surface area (Å²) >= 11 is 0. The molecule has 2 aromatic rings. The summed E-state index contributed by atoms with van der Waals surface area (Å²) < 4.78 is 5.68. The number of aromatic carboxylic acids is 1. The fourth-order valence-electron chi connectivity index (χ4n) is 2.20. The Balaban J connectivity index is 1.88. The van der Waals surface area contributed by atoms with Gasteiger partial charge in [-0.05, 0) is 42.2 Å². The van der Waals surface area contributed by atoms with Crippen molar-refractivity contribution in [2.45, 2.75) is 32.9 Å². The number of carbonyl (C=O) groups excluding carboxylic acids is 3. The van der Waals surface area contributed by atoms with Crippen LogP contribution in [0, 0.1) is 0 Å². The maximum atomic E-state index is 11.7. The number of rotatable bonds is 8. The molecule has 152 valence electrons. The van der Waals surface area contributed by atoms with Gasteiger partial charge in [0.15, 0.2) is 0 Å². The maximum Gasteiger partial charge on any atom is 0.329 e. The average molecular weight is 396 g/mol. The van der Waals surface area contributed by atoms with Crippen LogP contribution in [-0.4, -0.2) is 30.0 Å². The summed E-state index contributed by atoms with van der Waals surface area (Å²) in [6.45, 7) is 3.96. The summed E-state index contributed by atoms with van der Waals surface area (Å²) in [7, 11) is 0. The first-order chi connectivity index (χ1) is 13.9. The lowest BCUT2D eigenvalue weighted by Gasteiger charge is -2.09. The Morgan fingerprint density at radius 2 is 1.86 bits per heavy atom. The molecule has 0 saturated carbocycles. The highest BCUT2D eigenvalue weighted by molar-refractivity contribution is 6.35. The van der Waals surface area contributed by atoms with Crippen molar-refractivity contribution in [1.29, 1.82) is 0 Å². The second-order valence-corrected chi connectivity index (χ2v) is 6.33. The minimum atomic E-state index is -1.23. The number of nitrogens with one attached hydrogen (secondary N) is 2. The van der Waals surface area contributed by atoms with Crippen LogP contribution in [0.15, 0.2) is 53.6 Å². The molecule has 8 nitrogen and oxygen atoms in total. The quantitative estimate of drug-likeness (QED) is 0.392. The van der Waals surface area contributed by atoms with Gasteiger partial charge in [0.05, 0.1) is 12.2 Å². The van der Waals surface area contributed by atoms with E-state index in [1.54, 1.807) is 43.3 Å². The molecule has 0 unspecified atom stereocenters. The zero-order valence-corrected chi connectivity index (χ0v) is 16.2. The molecule has 0 heterocycles. The highest BCUT2D eigenvalue weighted by atomic mass is 16.5. The highest BCUT2D eigenvalue weighted by Gasteiger charge is 2.14. The predicted octanol–water partition coefficient (Wildman–Crippen LogP) is 0.994. The Kier molecular flexibility index (Phi) is 7.90. The molecule has 2 N–H and O–H groups in total. The van der Waals surface area contributed by atoms with Crippen LogP contribution in [0.4, 0.5) is 0 Å². The van der Waals surface area contributed by atoms with Crippen LogP contribution >= 0.6 is 0 Å². The number of amides is 2. The van der Waals surface area contributed by atoms with Gasteiger partial charge < -0.3 is 20.0 Å². The lowest BCUT2D eigenvalue weighted by atomic mass is 10.1. The summed E-state index contributed by atoms with van der Waals surface area (Å²) in [4.78, 5) is 34.1. The van der Waals surface area contributed by atoms with Crippen molar-refractivity contribution >= 4 is 24.0 Å². The molecular weight excluding hydrogens is 374 g/mol. The van der Waals surface area contributed by atoms with E-state index in [0.29, 0.717) is 11.3 Å². The minimum absolute atomic E-state index is 0.0944. The molecule has 0 aliphatic carbocycles. The SMILES string of the molecule is CC[C@H](C)NC(=O)C(=O)N/N=C\c1cccc(OCc2ccc(C(=O)[O-])cc2)c1. The Morgan fingerprint density at radius 1 is 1.14 bits per heavy atom. The van der Waals surface area contributed by atoms with E-state index < -0.39 is 17.8 Å². The lowest BCUT2D eigenvalue weighted by molar-refractivity contribution is -0.255. The van der Waals surface area contributed by atoms with Crippen molar-refractivity contribution < 1.29 is 24.2 Å². The molecule has 2 aromatic carbocycles. The predicted molar refractivity (Wildman–Crippen MR) is 105 cm³/mol. The van der Waals surface area contributed by atoms with Crippen molar-refractivity contribution in [3.8, 4) is 5.75 Å². The Hall–Kier alpha value is -3.68. The van der Waals surface area contributed by atoms with Crippen LogP contribution in [0.5, 0.6) is 5.75 Å². The third-order valence-corrected chi connectivity index (χ3v) is 4.03. The van der Waals surface area contributed by atoms with Gasteiger partial charge in [0.2, 0.25) is 0 Å². The van der Waals surface area contributed by atoms with E-state index in [1.807, 2.05) is 6.92 Å². The van der Waals surface area contributed by atoms with Crippen molar-refractivity contribution in [3.05, 3.63) is 65.2 Å². The zero-order valence-electron chi connectivity index (χ0n) is 16.2. The fraction of sp³-hybridized carbons (Fsp3) is 0.238. The number of carboxylic acids is 1. The molecule has 0 bridgehead atoms. The van der Waals surface area contributed by atoms with Gasteiger partial charge in [-0.3, -0.25) is 9.59 Å². The molecule has 1 atom stereocenters. The van der Waals surface area contributed by atoms with Gasteiger partial charge in [-0.25, -0.2) is 5.43 Å². The number of hydrogen-bond donors (Lipinski definition) is 2. The molecule has 0 aromatic heterocycles. The van der Waals surface area contributed by atoms with Crippen LogP contribution < -0.4 is 20.6 Å². The Morgan fingerprint density at radius 3 is 2.52 bits per heavy atom. The largest absolute Gasteiger partial charge is 0.545 e. The summed E-state index contributed by atoms with van der Waals surface area (Å²) in [6, 6.07) is 13.1. The summed E-state index contributed by atoms with van der Waals surface area (Å²) in [5.41, 5.74) is 3.74. The summed E-state index contributed by atoms with van der Waals surface area (Å²) in [5.74, 6) is -2.24. The van der Waals surface area contributed by atoms with Crippen molar-refractivity contribution in [1.82, 2.24) is 10.7 Å². The van der Waals surface area contributed by atoms with Gasteiger partial charge in [-0.2, -0.15) is 5.10 Å². The molecule has 0 aliphatic heterocycles. The van der Waals surface area contributed by atoms with Crippen LogP contribution in [0.25, 0.3) is 0 Å². The molecule has 0 radical (unpaired) electrons. The number of nitrogens with zero attached hydrogens (tertiary/aromatic N) is 1. The zero-order chi connectivity index (χ0) is 21.2. The van der Waals surface area contributed by atoms with Gasteiger partial charge in [0.25, 0.3) is 0 Å². The average Bonchev–Trinajstić information content (AvgIpc) is 2.72. The molecule has 0 aliphatic rings. The summed E-state index contributed by atoms with van der Waals surface area (Å²) in [6.07, 6.45) is 2.12. The van der Waals surface area contributed by atoms with Gasteiger partial charge in [0.1, 0.15) is 12.4 Å². The van der Waals surface area contributed by atoms with Gasteiger partial charge in [0, 0.05) is 6.04 Å². The Labute approximate surface area is 168 Å². The van der Waals surface area contributed by atoms with Crippen LogP contribution in [-0.2, 0) is 16.2 Å². The number of benzene rings is 2. The molecular formula is C21H22N3O5-. The lowest BCUT2D eigenvalue weighted by Crippen LogP contribution is -2.41. The van der Waals surface area contributed by atoms with Crippen LogP contribution in [0.1, 0.15) is 41.8 Å². The summed E-state index contributed by atoms with van der Waals surface area (Å²) in [5, 5.41) is 17.1. The molecule has 2 amide bonds. The third kappa shape index (κ3) is 7.10. The molecule has 0 spiro atoms. The molecule has 2 rings (SSSR count). The van der Waals surface area contributed by atoms with E-state index in [2.05, 4.69) is 15.8 Å². The molecule has 8 heteroatoms.